The SMILES string of the molecule is Cc1cc(C)c(NC(=O)CN(C)C(=O)CCn2cnc3c(C)cccc3c2=O)c(C)c1. The van der Waals surface area contributed by atoms with Gasteiger partial charge in [-0.25, -0.2) is 4.98 Å². The van der Waals surface area contributed by atoms with Crippen LogP contribution in [0.1, 0.15) is 28.7 Å². The van der Waals surface area contributed by atoms with Gasteiger partial charge in [0.25, 0.3) is 5.56 Å². The summed E-state index contributed by atoms with van der Waals surface area (Å²) in [4.78, 5) is 43.4. The van der Waals surface area contributed by atoms with Crippen LogP contribution in [0.5, 0.6) is 0 Å². The zero-order chi connectivity index (χ0) is 22.7. The molecule has 7 heteroatoms. The fraction of sp³-hybridized carbons (Fsp3) is 0.333. The lowest BCUT2D eigenvalue weighted by atomic mass is 10.1. The Kier molecular flexibility index (Phi) is 6.53. The normalized spacial score (nSPS) is 10.9. The molecule has 0 saturated carbocycles. The number of carbonyl (C=O) groups excluding carboxylic acids is 2. The van der Waals surface area contributed by atoms with E-state index in [0.717, 1.165) is 27.9 Å². The van der Waals surface area contributed by atoms with Crippen molar-refractivity contribution in [1.29, 1.82) is 0 Å². The summed E-state index contributed by atoms with van der Waals surface area (Å²) in [6.45, 7) is 7.95. The number of carbonyl (C=O) groups is 2. The second-order valence-corrected chi connectivity index (χ2v) is 8.04. The topological polar surface area (TPSA) is 84.3 Å². The number of hydrogen-bond donors (Lipinski definition) is 1. The van der Waals surface area contributed by atoms with Crippen LogP contribution in [-0.4, -0.2) is 39.9 Å². The number of hydrogen-bond acceptors (Lipinski definition) is 4. The predicted molar refractivity (Wildman–Crippen MR) is 122 cm³/mol. The number of para-hydroxylation sites is 1. The number of rotatable bonds is 6. The molecular formula is C24H28N4O3. The van der Waals surface area contributed by atoms with Crippen molar-refractivity contribution in [2.75, 3.05) is 18.9 Å². The van der Waals surface area contributed by atoms with Gasteiger partial charge in [0.1, 0.15) is 0 Å². The molecule has 2 aromatic carbocycles. The van der Waals surface area contributed by atoms with Crippen LogP contribution < -0.4 is 10.9 Å². The number of nitrogens with one attached hydrogen (secondary N) is 1. The van der Waals surface area contributed by atoms with Crippen molar-refractivity contribution < 1.29 is 9.59 Å². The molecule has 0 atom stereocenters. The molecule has 0 fully saturated rings. The monoisotopic (exact) mass is 420 g/mol. The van der Waals surface area contributed by atoms with E-state index in [-0.39, 0.29) is 36.9 Å². The van der Waals surface area contributed by atoms with Crippen molar-refractivity contribution in [3.8, 4) is 0 Å². The molecule has 0 bridgehead atoms. The first-order valence-corrected chi connectivity index (χ1v) is 10.2. The van der Waals surface area contributed by atoms with Gasteiger partial charge in [0.15, 0.2) is 0 Å². The van der Waals surface area contributed by atoms with E-state index < -0.39 is 0 Å². The lowest BCUT2D eigenvalue weighted by Crippen LogP contribution is -2.36. The van der Waals surface area contributed by atoms with Crippen LogP contribution in [0.15, 0.2) is 41.5 Å². The molecule has 3 aromatic rings. The highest BCUT2D eigenvalue weighted by Crippen LogP contribution is 2.21. The fourth-order valence-corrected chi connectivity index (χ4v) is 3.76. The summed E-state index contributed by atoms with van der Waals surface area (Å²) in [7, 11) is 1.58. The van der Waals surface area contributed by atoms with Crippen molar-refractivity contribution in [3.63, 3.8) is 0 Å². The van der Waals surface area contributed by atoms with E-state index in [1.807, 2.05) is 52.0 Å². The van der Waals surface area contributed by atoms with Gasteiger partial charge in [-0.15, -0.1) is 0 Å². The minimum atomic E-state index is -0.258. The van der Waals surface area contributed by atoms with Crippen molar-refractivity contribution in [3.05, 3.63) is 69.3 Å². The highest BCUT2D eigenvalue weighted by molar-refractivity contribution is 5.95. The number of anilines is 1. The number of benzene rings is 2. The molecule has 3 rings (SSSR count). The third kappa shape index (κ3) is 4.99. The number of likely N-dealkylation sites (N-methyl/N-ethyl adjacent to an activating group) is 1. The summed E-state index contributed by atoms with van der Waals surface area (Å²) >= 11 is 0. The van der Waals surface area contributed by atoms with Crippen LogP contribution in [0.25, 0.3) is 10.9 Å². The molecule has 0 aliphatic heterocycles. The Morgan fingerprint density at radius 3 is 2.42 bits per heavy atom. The third-order valence-electron chi connectivity index (χ3n) is 5.37. The van der Waals surface area contributed by atoms with Gasteiger partial charge in [-0.2, -0.15) is 0 Å². The van der Waals surface area contributed by atoms with E-state index >= 15 is 0 Å². The van der Waals surface area contributed by atoms with E-state index in [2.05, 4.69) is 10.3 Å². The first-order valence-electron chi connectivity index (χ1n) is 10.2. The maximum Gasteiger partial charge on any atom is 0.261 e. The Balaban J connectivity index is 1.61. The maximum atomic E-state index is 12.7. The smallest absolute Gasteiger partial charge is 0.261 e. The van der Waals surface area contributed by atoms with Gasteiger partial charge in [0.05, 0.1) is 23.8 Å². The molecule has 0 unspecified atom stereocenters. The molecule has 31 heavy (non-hydrogen) atoms. The largest absolute Gasteiger partial charge is 0.336 e. The van der Waals surface area contributed by atoms with Crippen LogP contribution in [0.4, 0.5) is 5.69 Å². The molecular weight excluding hydrogens is 392 g/mol. The molecule has 0 saturated heterocycles. The van der Waals surface area contributed by atoms with Crippen molar-refractivity contribution in [2.45, 2.75) is 40.7 Å². The van der Waals surface area contributed by atoms with Crippen LogP contribution >= 0.6 is 0 Å². The molecule has 1 N–H and O–H groups in total. The van der Waals surface area contributed by atoms with Gasteiger partial charge >= 0.3 is 0 Å². The second kappa shape index (κ2) is 9.12. The van der Waals surface area contributed by atoms with Gasteiger partial charge in [0.2, 0.25) is 11.8 Å². The zero-order valence-electron chi connectivity index (χ0n) is 18.7. The summed E-state index contributed by atoms with van der Waals surface area (Å²) in [5, 5.41) is 3.44. The van der Waals surface area contributed by atoms with Crippen LogP contribution in [0.2, 0.25) is 0 Å². The number of nitrogens with zero attached hydrogens (tertiary/aromatic N) is 3. The van der Waals surface area contributed by atoms with Crippen molar-refractivity contribution >= 4 is 28.4 Å². The summed E-state index contributed by atoms with van der Waals surface area (Å²) in [5.41, 5.74) is 5.31. The van der Waals surface area contributed by atoms with Crippen molar-refractivity contribution in [2.24, 2.45) is 0 Å². The van der Waals surface area contributed by atoms with E-state index in [1.54, 1.807) is 13.1 Å². The van der Waals surface area contributed by atoms with Gasteiger partial charge < -0.3 is 10.2 Å². The van der Waals surface area contributed by atoms with Gasteiger partial charge in [0, 0.05) is 25.7 Å². The van der Waals surface area contributed by atoms with Gasteiger partial charge in [-0.3, -0.25) is 19.0 Å². The Labute approximate surface area is 181 Å². The Hall–Kier alpha value is -3.48. The van der Waals surface area contributed by atoms with Gasteiger partial charge in [-0.1, -0.05) is 29.8 Å². The average molecular weight is 421 g/mol. The second-order valence-electron chi connectivity index (χ2n) is 8.04. The molecule has 0 aliphatic carbocycles. The Bertz CT molecular complexity index is 1190. The molecule has 1 heterocycles. The number of aromatic nitrogens is 2. The van der Waals surface area contributed by atoms with Crippen LogP contribution in [0, 0.1) is 27.7 Å². The number of aryl methyl sites for hydroxylation is 5. The maximum absolute atomic E-state index is 12.7. The molecule has 0 spiro atoms. The number of amides is 2. The predicted octanol–water partition coefficient (Wildman–Crippen LogP) is 3.12. The molecule has 162 valence electrons. The first-order chi connectivity index (χ1) is 14.7. The van der Waals surface area contributed by atoms with Crippen LogP contribution in [0.3, 0.4) is 0 Å². The Morgan fingerprint density at radius 1 is 1.06 bits per heavy atom. The van der Waals surface area contributed by atoms with E-state index in [1.165, 1.54) is 15.8 Å². The quantitative estimate of drug-likeness (QED) is 0.664. The fourth-order valence-electron chi connectivity index (χ4n) is 3.76. The molecule has 1 aromatic heterocycles. The lowest BCUT2D eigenvalue weighted by molar-refractivity contribution is -0.133. The van der Waals surface area contributed by atoms with Gasteiger partial charge in [-0.05, 0) is 50.5 Å². The third-order valence-corrected chi connectivity index (χ3v) is 5.37. The standard InChI is InChI=1S/C24H28N4O3/c1-15-11-17(3)22(18(4)12-15)26-20(29)13-27(5)21(30)9-10-28-14-25-23-16(2)7-6-8-19(23)24(28)31/h6-8,11-12,14H,9-10,13H2,1-5H3,(H,26,29). The summed E-state index contributed by atoms with van der Waals surface area (Å²) in [6, 6.07) is 9.48. The Morgan fingerprint density at radius 2 is 1.74 bits per heavy atom. The summed E-state index contributed by atoms with van der Waals surface area (Å²) in [5.74, 6) is -0.477. The minimum absolute atomic E-state index is 0.0599. The zero-order valence-corrected chi connectivity index (χ0v) is 18.7. The highest BCUT2D eigenvalue weighted by Gasteiger charge is 2.15. The summed E-state index contributed by atoms with van der Waals surface area (Å²) in [6.07, 6.45) is 1.58. The molecule has 0 radical (unpaired) electrons. The van der Waals surface area contributed by atoms with Crippen molar-refractivity contribution in [1.82, 2.24) is 14.5 Å². The number of fused-ring (bicyclic) bond motifs is 1. The molecule has 0 aliphatic rings. The van der Waals surface area contributed by atoms with E-state index in [9.17, 15) is 14.4 Å². The lowest BCUT2D eigenvalue weighted by Gasteiger charge is -2.19. The minimum Gasteiger partial charge on any atom is -0.336 e. The summed E-state index contributed by atoms with van der Waals surface area (Å²) < 4.78 is 1.44. The van der Waals surface area contributed by atoms with Crippen LogP contribution in [-0.2, 0) is 16.1 Å². The molecule has 2 amide bonds. The van der Waals surface area contributed by atoms with E-state index in [4.69, 9.17) is 0 Å². The first kappa shape index (κ1) is 22.2. The highest BCUT2D eigenvalue weighted by atomic mass is 16.2. The molecule has 7 nitrogen and oxygen atoms in total. The van der Waals surface area contributed by atoms with E-state index in [0.29, 0.717) is 10.9 Å². The average Bonchev–Trinajstić information content (AvgIpc) is 2.70.